The first kappa shape index (κ1) is 19.2. The zero-order chi connectivity index (χ0) is 20.5. The molecule has 2 aromatic heterocycles. The zero-order valence-electron chi connectivity index (χ0n) is 17.0. The van der Waals surface area contributed by atoms with Gasteiger partial charge in [0.25, 0.3) is 11.5 Å². The number of rotatable bonds is 4. The zero-order valence-corrected chi connectivity index (χ0v) is 17.0. The summed E-state index contributed by atoms with van der Waals surface area (Å²) < 4.78 is 12.4. The van der Waals surface area contributed by atoms with Crippen LogP contribution in [0.15, 0.2) is 39.8 Å². The van der Waals surface area contributed by atoms with Crippen molar-refractivity contribution in [2.45, 2.75) is 33.2 Å². The average Bonchev–Trinajstić information content (AvgIpc) is 3.07. The van der Waals surface area contributed by atoms with Crippen LogP contribution in [0.25, 0.3) is 10.9 Å². The van der Waals surface area contributed by atoms with Crippen LogP contribution in [0, 0.1) is 19.8 Å². The average molecular weight is 395 g/mol. The maximum absolute atomic E-state index is 12.8. The van der Waals surface area contributed by atoms with E-state index in [1.54, 1.807) is 42.3 Å². The highest BCUT2D eigenvalue weighted by molar-refractivity contribution is 5.95. The van der Waals surface area contributed by atoms with Crippen molar-refractivity contribution in [1.82, 2.24) is 14.5 Å². The number of aromatic nitrogens is 2. The first-order valence-corrected chi connectivity index (χ1v) is 9.85. The van der Waals surface area contributed by atoms with Gasteiger partial charge >= 0.3 is 0 Å². The molecular formula is C22H25N3O4. The Morgan fingerprint density at radius 2 is 2.00 bits per heavy atom. The lowest BCUT2D eigenvalue weighted by atomic mass is 9.96. The molecule has 152 valence electrons. The third kappa shape index (κ3) is 3.77. The molecule has 1 saturated heterocycles. The Labute approximate surface area is 168 Å². The van der Waals surface area contributed by atoms with E-state index in [1.807, 2.05) is 18.7 Å². The molecule has 1 fully saturated rings. The predicted molar refractivity (Wildman–Crippen MR) is 109 cm³/mol. The number of likely N-dealkylation sites (tertiary alicyclic amines) is 1. The van der Waals surface area contributed by atoms with Crippen LogP contribution in [0.3, 0.4) is 0 Å². The maximum Gasteiger partial charge on any atom is 0.261 e. The van der Waals surface area contributed by atoms with E-state index < -0.39 is 0 Å². The van der Waals surface area contributed by atoms with Crippen molar-refractivity contribution in [3.05, 3.63) is 58.0 Å². The van der Waals surface area contributed by atoms with Gasteiger partial charge in [0, 0.05) is 25.7 Å². The molecule has 0 bridgehead atoms. The van der Waals surface area contributed by atoms with Crippen LogP contribution in [0.5, 0.6) is 5.75 Å². The third-order valence-corrected chi connectivity index (χ3v) is 5.66. The minimum absolute atomic E-state index is 0.0243. The fraction of sp³-hybridized carbons (Fsp3) is 0.409. The quantitative estimate of drug-likeness (QED) is 0.678. The van der Waals surface area contributed by atoms with Crippen LogP contribution in [0.2, 0.25) is 0 Å². The Hall–Kier alpha value is -3.09. The molecule has 29 heavy (non-hydrogen) atoms. The van der Waals surface area contributed by atoms with E-state index in [1.165, 1.54) is 0 Å². The summed E-state index contributed by atoms with van der Waals surface area (Å²) in [6.45, 7) is 5.64. The third-order valence-electron chi connectivity index (χ3n) is 5.66. The number of aryl methyl sites for hydroxylation is 2. The first-order valence-electron chi connectivity index (χ1n) is 9.85. The van der Waals surface area contributed by atoms with Crippen molar-refractivity contribution in [3.8, 4) is 5.75 Å². The molecule has 4 rings (SSSR count). The molecule has 1 amide bonds. The van der Waals surface area contributed by atoms with Crippen LogP contribution in [-0.2, 0) is 6.54 Å². The first-order chi connectivity index (χ1) is 14.0. The van der Waals surface area contributed by atoms with E-state index in [0.717, 1.165) is 18.6 Å². The van der Waals surface area contributed by atoms with Crippen LogP contribution >= 0.6 is 0 Å². The van der Waals surface area contributed by atoms with Gasteiger partial charge in [-0.25, -0.2) is 4.98 Å². The number of methoxy groups -OCH3 is 1. The minimum atomic E-state index is -0.0411. The molecule has 0 atom stereocenters. The van der Waals surface area contributed by atoms with Crippen molar-refractivity contribution < 1.29 is 13.9 Å². The summed E-state index contributed by atoms with van der Waals surface area (Å²) in [7, 11) is 1.59. The summed E-state index contributed by atoms with van der Waals surface area (Å²) in [5.41, 5.74) is 1.24. The van der Waals surface area contributed by atoms with Gasteiger partial charge in [0.15, 0.2) is 0 Å². The number of piperidine rings is 1. The molecule has 0 aliphatic carbocycles. The molecule has 7 heteroatoms. The number of carbonyl (C=O) groups excluding carboxylic acids is 1. The summed E-state index contributed by atoms with van der Waals surface area (Å²) in [5, 5.41) is 0.590. The second-order valence-corrected chi connectivity index (χ2v) is 7.65. The van der Waals surface area contributed by atoms with Crippen LogP contribution in [0.4, 0.5) is 0 Å². The topological polar surface area (TPSA) is 77.6 Å². The Kier molecular flexibility index (Phi) is 5.13. The van der Waals surface area contributed by atoms with E-state index >= 15 is 0 Å². The van der Waals surface area contributed by atoms with Crippen molar-refractivity contribution in [2.24, 2.45) is 5.92 Å². The largest absolute Gasteiger partial charge is 0.497 e. The molecule has 0 N–H and O–H groups in total. The number of furan rings is 1. The fourth-order valence-corrected chi connectivity index (χ4v) is 4.01. The fourth-order valence-electron chi connectivity index (χ4n) is 4.01. The van der Waals surface area contributed by atoms with E-state index in [9.17, 15) is 9.59 Å². The Balaban J connectivity index is 1.43. The van der Waals surface area contributed by atoms with Crippen LogP contribution in [0.1, 0.15) is 34.7 Å². The molecular weight excluding hydrogens is 370 g/mol. The van der Waals surface area contributed by atoms with Crippen molar-refractivity contribution in [3.63, 3.8) is 0 Å². The van der Waals surface area contributed by atoms with E-state index in [4.69, 9.17) is 9.15 Å². The van der Waals surface area contributed by atoms with Crippen LogP contribution < -0.4 is 10.3 Å². The number of fused-ring (bicyclic) bond motifs is 1. The lowest BCUT2D eigenvalue weighted by Crippen LogP contribution is -2.40. The van der Waals surface area contributed by atoms with E-state index in [-0.39, 0.29) is 11.5 Å². The van der Waals surface area contributed by atoms with Crippen molar-refractivity contribution in [1.29, 1.82) is 0 Å². The van der Waals surface area contributed by atoms with E-state index in [0.29, 0.717) is 53.5 Å². The predicted octanol–water partition coefficient (Wildman–Crippen LogP) is 3.17. The lowest BCUT2D eigenvalue weighted by molar-refractivity contribution is 0.0680. The van der Waals surface area contributed by atoms with Gasteiger partial charge in [0.2, 0.25) is 0 Å². The molecule has 0 unspecified atom stereocenters. The SMILES string of the molecule is COc1ccc2c(=O)n(CC3CCN(C(=O)c4cc(C)oc4C)CC3)cnc2c1. The number of hydrogen-bond donors (Lipinski definition) is 0. The lowest BCUT2D eigenvalue weighted by Gasteiger charge is -2.32. The van der Waals surface area contributed by atoms with Crippen molar-refractivity contribution >= 4 is 16.8 Å². The normalized spacial score (nSPS) is 15.1. The number of amides is 1. The Morgan fingerprint density at radius 3 is 2.66 bits per heavy atom. The molecule has 1 aromatic carbocycles. The standard InChI is InChI=1S/C22H25N3O4/c1-14-10-19(15(2)29-14)22(27)24-8-6-16(7-9-24)12-25-13-23-20-11-17(28-3)4-5-18(20)21(25)26/h4-5,10-11,13,16H,6-9,12H2,1-3H3. The second kappa shape index (κ2) is 7.73. The molecule has 0 spiro atoms. The highest BCUT2D eigenvalue weighted by Crippen LogP contribution is 2.23. The summed E-state index contributed by atoms with van der Waals surface area (Å²) in [5.74, 6) is 2.46. The molecule has 7 nitrogen and oxygen atoms in total. The Morgan fingerprint density at radius 1 is 1.24 bits per heavy atom. The maximum atomic E-state index is 12.8. The van der Waals surface area contributed by atoms with Gasteiger partial charge in [-0.05, 0) is 50.8 Å². The molecule has 0 saturated carbocycles. The van der Waals surface area contributed by atoms with Crippen molar-refractivity contribution in [2.75, 3.05) is 20.2 Å². The summed E-state index contributed by atoms with van der Waals surface area (Å²) in [6.07, 6.45) is 3.32. The Bertz CT molecular complexity index is 1110. The van der Waals surface area contributed by atoms with E-state index in [2.05, 4.69) is 4.98 Å². The minimum Gasteiger partial charge on any atom is -0.497 e. The smallest absolute Gasteiger partial charge is 0.261 e. The van der Waals surface area contributed by atoms with Gasteiger partial charge in [-0.2, -0.15) is 0 Å². The summed E-state index contributed by atoms with van der Waals surface area (Å²) in [6, 6.07) is 7.11. The van der Waals surface area contributed by atoms with Gasteiger partial charge in [-0.3, -0.25) is 14.2 Å². The summed E-state index contributed by atoms with van der Waals surface area (Å²) >= 11 is 0. The van der Waals surface area contributed by atoms with Crippen LogP contribution in [-0.4, -0.2) is 40.6 Å². The molecule has 3 heterocycles. The highest BCUT2D eigenvalue weighted by atomic mass is 16.5. The van der Waals surface area contributed by atoms with Gasteiger partial charge < -0.3 is 14.1 Å². The highest BCUT2D eigenvalue weighted by Gasteiger charge is 2.26. The number of ether oxygens (including phenoxy) is 1. The number of hydrogen-bond acceptors (Lipinski definition) is 5. The second-order valence-electron chi connectivity index (χ2n) is 7.65. The van der Waals surface area contributed by atoms with Gasteiger partial charge in [0.05, 0.1) is 29.9 Å². The molecule has 1 aliphatic heterocycles. The summed E-state index contributed by atoms with van der Waals surface area (Å²) in [4.78, 5) is 31.8. The number of nitrogens with zero attached hydrogens (tertiary/aromatic N) is 3. The molecule has 0 radical (unpaired) electrons. The monoisotopic (exact) mass is 395 g/mol. The number of benzene rings is 1. The van der Waals surface area contributed by atoms with Gasteiger partial charge in [-0.15, -0.1) is 0 Å². The number of carbonyl (C=O) groups is 1. The molecule has 3 aromatic rings. The molecule has 1 aliphatic rings. The van der Waals surface area contributed by atoms with Gasteiger partial charge in [0.1, 0.15) is 17.3 Å². The van der Waals surface area contributed by atoms with Gasteiger partial charge in [-0.1, -0.05) is 0 Å².